The van der Waals surface area contributed by atoms with Crippen molar-refractivity contribution in [2.24, 2.45) is 0 Å². The van der Waals surface area contributed by atoms with Gasteiger partial charge in [0.05, 0.1) is 0 Å². The van der Waals surface area contributed by atoms with E-state index in [-0.39, 0.29) is 5.91 Å². The number of rotatable bonds is 5. The van der Waals surface area contributed by atoms with Crippen molar-refractivity contribution in [3.05, 3.63) is 35.9 Å². The predicted molar refractivity (Wildman–Crippen MR) is 64.1 cm³/mol. The van der Waals surface area contributed by atoms with Crippen LogP contribution in [0.2, 0.25) is 0 Å². The summed E-state index contributed by atoms with van der Waals surface area (Å²) >= 11 is 0. The van der Waals surface area contributed by atoms with E-state index in [1.807, 2.05) is 13.0 Å². The first-order valence-corrected chi connectivity index (χ1v) is 5.00. The van der Waals surface area contributed by atoms with Gasteiger partial charge in [-0.2, -0.15) is 0 Å². The molecule has 0 aromatic heterocycles. The molecule has 0 fully saturated rings. The number of carbonyl (C=O) groups is 1. The molecule has 0 spiro atoms. The van der Waals surface area contributed by atoms with Crippen molar-refractivity contribution in [2.45, 2.75) is 27.2 Å². The van der Waals surface area contributed by atoms with Crippen LogP contribution in [0.3, 0.4) is 0 Å². The van der Waals surface area contributed by atoms with E-state index in [2.05, 4.69) is 11.8 Å². The first-order chi connectivity index (χ1) is 7.02. The van der Waals surface area contributed by atoms with Gasteiger partial charge in [0.2, 0.25) is 5.91 Å². The Morgan fingerprint density at radius 2 is 2.20 bits per heavy atom. The fourth-order valence-electron chi connectivity index (χ4n) is 1.04. The molecule has 4 heteroatoms. The van der Waals surface area contributed by atoms with E-state index in [0.717, 1.165) is 11.9 Å². The van der Waals surface area contributed by atoms with Crippen molar-refractivity contribution in [1.29, 1.82) is 0 Å². The van der Waals surface area contributed by atoms with Gasteiger partial charge < -0.3 is 10.3 Å². The number of hydrogen-bond acceptors (Lipinski definition) is 2. The minimum Gasteiger partial charge on any atom is -0.429 e. The maximum atomic E-state index is 11.4. The van der Waals surface area contributed by atoms with Gasteiger partial charge in [-0.05, 0) is 20.3 Å². The van der Waals surface area contributed by atoms with Crippen LogP contribution in [0.1, 0.15) is 27.2 Å². The molecule has 0 saturated carbocycles. The highest BCUT2D eigenvalue weighted by molar-refractivity contribution is 6.59. The lowest BCUT2D eigenvalue weighted by atomic mass is 9.73. The average Bonchev–Trinajstić information content (AvgIpc) is 2.18. The average molecular weight is 207 g/mol. The fourth-order valence-corrected chi connectivity index (χ4v) is 1.04. The second-order valence-corrected chi connectivity index (χ2v) is 3.26. The van der Waals surface area contributed by atoms with Crippen molar-refractivity contribution in [1.82, 2.24) is 5.23 Å². The lowest BCUT2D eigenvalue weighted by Crippen LogP contribution is -2.40. The molecule has 82 valence electrons. The standard InChI is InChI=1S/C11H18BNO2/c1-5-7-9(3)11(14)13-12(15)10(4)8-6-2/h5,7-8,15H,3,6H2,1-2,4H3,(H,13,14)/b7-5-,10-8+. The molecule has 0 unspecified atom stereocenters. The number of allylic oxidation sites excluding steroid dienone is 3. The highest BCUT2D eigenvalue weighted by atomic mass is 16.2. The molecule has 0 atom stereocenters. The topological polar surface area (TPSA) is 49.3 Å². The van der Waals surface area contributed by atoms with Crippen LogP contribution in [-0.2, 0) is 4.79 Å². The van der Waals surface area contributed by atoms with E-state index in [9.17, 15) is 9.82 Å². The second kappa shape index (κ2) is 7.07. The molecular weight excluding hydrogens is 189 g/mol. The van der Waals surface area contributed by atoms with Crippen LogP contribution >= 0.6 is 0 Å². The van der Waals surface area contributed by atoms with Crippen LogP contribution in [0.15, 0.2) is 35.9 Å². The normalized spacial score (nSPS) is 11.6. The number of carbonyl (C=O) groups excluding carboxylic acids is 1. The maximum Gasteiger partial charge on any atom is 0.444 e. The van der Waals surface area contributed by atoms with Gasteiger partial charge in [-0.3, -0.25) is 4.79 Å². The largest absolute Gasteiger partial charge is 0.444 e. The lowest BCUT2D eigenvalue weighted by Gasteiger charge is -2.08. The minimum absolute atomic E-state index is 0.334. The highest BCUT2D eigenvalue weighted by Crippen LogP contribution is 1.99. The Morgan fingerprint density at radius 1 is 1.60 bits per heavy atom. The van der Waals surface area contributed by atoms with Gasteiger partial charge in [-0.1, -0.05) is 37.2 Å². The summed E-state index contributed by atoms with van der Waals surface area (Å²) in [5.74, 6) is -0.357. The van der Waals surface area contributed by atoms with Crippen LogP contribution in [0.25, 0.3) is 0 Å². The number of hydrogen-bond donors (Lipinski definition) is 2. The van der Waals surface area contributed by atoms with Crippen molar-refractivity contribution in [3.8, 4) is 0 Å². The van der Waals surface area contributed by atoms with Crippen LogP contribution in [0.5, 0.6) is 0 Å². The van der Waals surface area contributed by atoms with Crippen molar-refractivity contribution < 1.29 is 9.82 Å². The van der Waals surface area contributed by atoms with Gasteiger partial charge >= 0.3 is 7.05 Å². The van der Waals surface area contributed by atoms with Gasteiger partial charge in [-0.25, -0.2) is 0 Å². The predicted octanol–water partition coefficient (Wildman–Crippen LogP) is 1.61. The Balaban J connectivity index is 4.30. The first-order valence-electron chi connectivity index (χ1n) is 5.00. The van der Waals surface area contributed by atoms with E-state index in [0.29, 0.717) is 5.57 Å². The molecule has 0 radical (unpaired) electrons. The molecule has 0 aromatic carbocycles. The lowest BCUT2D eigenvalue weighted by molar-refractivity contribution is -0.115. The van der Waals surface area contributed by atoms with Crippen LogP contribution in [-0.4, -0.2) is 18.0 Å². The summed E-state index contributed by atoms with van der Waals surface area (Å²) in [4.78, 5) is 11.4. The zero-order chi connectivity index (χ0) is 11.8. The van der Waals surface area contributed by atoms with Crippen LogP contribution < -0.4 is 5.23 Å². The van der Waals surface area contributed by atoms with E-state index in [1.54, 1.807) is 26.0 Å². The van der Waals surface area contributed by atoms with Gasteiger partial charge in [0.1, 0.15) is 0 Å². The SMILES string of the molecule is C=C(/C=C\C)C(=O)NB(O)/C(C)=C/CC. The molecule has 0 aliphatic carbocycles. The number of amides is 1. The molecule has 2 N–H and O–H groups in total. The molecule has 0 bridgehead atoms. The van der Waals surface area contributed by atoms with E-state index >= 15 is 0 Å². The Hall–Kier alpha value is -1.29. The third-order valence-electron chi connectivity index (χ3n) is 1.88. The third-order valence-corrected chi connectivity index (χ3v) is 1.88. The van der Waals surface area contributed by atoms with Gasteiger partial charge in [0.15, 0.2) is 0 Å². The summed E-state index contributed by atoms with van der Waals surface area (Å²) < 4.78 is 0. The molecule has 0 heterocycles. The quantitative estimate of drug-likeness (QED) is 0.408. The molecular formula is C11H18BNO2. The van der Waals surface area contributed by atoms with Crippen molar-refractivity contribution >= 4 is 13.0 Å². The fraction of sp³-hybridized carbons (Fsp3) is 0.364. The summed E-state index contributed by atoms with van der Waals surface area (Å²) in [6.07, 6.45) is 6.02. The zero-order valence-electron chi connectivity index (χ0n) is 9.58. The van der Waals surface area contributed by atoms with E-state index < -0.39 is 7.05 Å². The van der Waals surface area contributed by atoms with Crippen molar-refractivity contribution in [2.75, 3.05) is 0 Å². The maximum absolute atomic E-state index is 11.4. The van der Waals surface area contributed by atoms with E-state index in [1.165, 1.54) is 0 Å². The molecule has 0 aliphatic rings. The summed E-state index contributed by atoms with van der Waals surface area (Å²) in [6, 6.07) is 0. The summed E-state index contributed by atoms with van der Waals surface area (Å²) in [6.45, 7) is 9.12. The summed E-state index contributed by atoms with van der Waals surface area (Å²) in [5, 5.41) is 12.0. The first kappa shape index (κ1) is 13.7. The molecule has 0 aromatic rings. The third kappa shape index (κ3) is 5.22. The summed E-state index contributed by atoms with van der Waals surface area (Å²) in [7, 11) is -0.931. The molecule has 0 aliphatic heterocycles. The van der Waals surface area contributed by atoms with Crippen LogP contribution in [0.4, 0.5) is 0 Å². The van der Waals surface area contributed by atoms with Crippen LogP contribution in [0, 0.1) is 0 Å². The Labute approximate surface area is 91.7 Å². The Bertz CT molecular complexity index is 295. The molecule has 3 nitrogen and oxygen atoms in total. The Morgan fingerprint density at radius 3 is 2.67 bits per heavy atom. The molecule has 0 rings (SSSR count). The second-order valence-electron chi connectivity index (χ2n) is 3.26. The smallest absolute Gasteiger partial charge is 0.429 e. The van der Waals surface area contributed by atoms with Crippen molar-refractivity contribution in [3.63, 3.8) is 0 Å². The van der Waals surface area contributed by atoms with Gasteiger partial charge in [-0.15, -0.1) is 0 Å². The van der Waals surface area contributed by atoms with Gasteiger partial charge in [0.25, 0.3) is 0 Å². The van der Waals surface area contributed by atoms with E-state index in [4.69, 9.17) is 0 Å². The zero-order valence-corrected chi connectivity index (χ0v) is 9.58. The number of nitrogens with one attached hydrogen (secondary N) is 1. The summed E-state index contributed by atoms with van der Waals surface area (Å²) in [5.41, 5.74) is 1.07. The monoisotopic (exact) mass is 207 g/mol. The van der Waals surface area contributed by atoms with Gasteiger partial charge in [0, 0.05) is 5.57 Å². The molecule has 0 saturated heterocycles. The Kier molecular flexibility index (Phi) is 6.46. The minimum atomic E-state index is -0.931. The highest BCUT2D eigenvalue weighted by Gasteiger charge is 2.17. The molecule has 15 heavy (non-hydrogen) atoms. The molecule has 1 amide bonds.